The fraction of sp³-hybridized carbons (Fsp3) is 1.00. The summed E-state index contributed by atoms with van der Waals surface area (Å²) < 4.78 is 33.9. The molecule has 0 aromatic carbocycles. The Labute approximate surface area is 153 Å². The van der Waals surface area contributed by atoms with Crippen molar-refractivity contribution < 1.29 is 38.4 Å². The van der Waals surface area contributed by atoms with Gasteiger partial charge in [-0.15, -0.1) is 0 Å². The second kappa shape index (κ2) is 15.9. The molecule has 0 bridgehead atoms. The topological polar surface area (TPSA) is 85.4 Å². The number of quaternary nitrogens is 1. The van der Waals surface area contributed by atoms with Crippen molar-refractivity contribution in [3.8, 4) is 0 Å². The van der Waals surface area contributed by atoms with E-state index in [1.54, 1.807) is 21.3 Å². The molecule has 154 valence electrons. The summed E-state index contributed by atoms with van der Waals surface area (Å²) in [6, 6.07) is 0. The highest BCUT2D eigenvalue weighted by molar-refractivity contribution is 4.52. The van der Waals surface area contributed by atoms with E-state index in [0.717, 1.165) is 6.54 Å². The van der Waals surface area contributed by atoms with Gasteiger partial charge in [0.05, 0.1) is 46.2 Å². The number of methoxy groups -OCH3 is 3. The highest BCUT2D eigenvalue weighted by Gasteiger charge is 2.45. The maximum Gasteiger partial charge on any atom is 0.194 e. The lowest BCUT2D eigenvalue weighted by Gasteiger charge is -2.49. The minimum Gasteiger partial charge on any atom is -0.870 e. The van der Waals surface area contributed by atoms with Crippen LogP contribution in [0.2, 0.25) is 0 Å². The third-order valence-corrected chi connectivity index (χ3v) is 4.52. The molecule has 0 fully saturated rings. The van der Waals surface area contributed by atoms with Gasteiger partial charge in [-0.2, -0.15) is 0 Å². The first-order valence-corrected chi connectivity index (χ1v) is 8.69. The highest BCUT2D eigenvalue weighted by atomic mass is 16.6. The molecule has 0 aliphatic heterocycles. The fourth-order valence-corrected chi connectivity index (χ4v) is 2.98. The standard InChI is InChI=1S/C17H38NO6.H2O/c1-8-18(15(2)22-12-9-19-5,16(3)23-13-10-20-6)17(4)24-14-11-21-7;/h15-17H,8-14H2,1-7H3;1H2/q+1;/p-1. The van der Waals surface area contributed by atoms with Gasteiger partial charge in [0.25, 0.3) is 0 Å². The number of hydrogen-bond donors (Lipinski definition) is 0. The second-order valence-corrected chi connectivity index (χ2v) is 5.70. The van der Waals surface area contributed by atoms with Crippen LogP contribution in [0.15, 0.2) is 0 Å². The van der Waals surface area contributed by atoms with E-state index >= 15 is 0 Å². The van der Waals surface area contributed by atoms with Crippen molar-refractivity contribution in [3.63, 3.8) is 0 Å². The smallest absolute Gasteiger partial charge is 0.194 e. The van der Waals surface area contributed by atoms with Crippen molar-refractivity contribution in [1.82, 2.24) is 0 Å². The average Bonchev–Trinajstić information content (AvgIpc) is 2.56. The monoisotopic (exact) mass is 369 g/mol. The van der Waals surface area contributed by atoms with Crippen LogP contribution in [0, 0.1) is 0 Å². The van der Waals surface area contributed by atoms with E-state index in [1.165, 1.54) is 0 Å². The first-order chi connectivity index (χ1) is 11.5. The van der Waals surface area contributed by atoms with Crippen LogP contribution in [0.25, 0.3) is 0 Å². The SMILES string of the molecule is CC[N+](C(C)OCCOC)(C(C)OCCOC)C(C)OCCOC.[OH-]. The maximum atomic E-state index is 6.02. The minimum absolute atomic E-state index is 0. The Bertz CT molecular complexity index is 253. The van der Waals surface area contributed by atoms with Gasteiger partial charge in [-0.1, -0.05) is 0 Å². The molecule has 25 heavy (non-hydrogen) atoms. The van der Waals surface area contributed by atoms with E-state index in [1.807, 2.05) is 0 Å². The summed E-state index contributed by atoms with van der Waals surface area (Å²) in [6.45, 7) is 12.4. The number of hydrogen-bond acceptors (Lipinski definition) is 7. The molecular formula is C17H39NO7. The summed E-state index contributed by atoms with van der Waals surface area (Å²) in [5.74, 6) is 0. The quantitative estimate of drug-likeness (QED) is 0.232. The van der Waals surface area contributed by atoms with Gasteiger partial charge in [-0.05, 0) is 6.92 Å². The van der Waals surface area contributed by atoms with E-state index in [4.69, 9.17) is 28.4 Å². The van der Waals surface area contributed by atoms with Gasteiger partial charge in [0, 0.05) is 42.1 Å². The fourth-order valence-electron chi connectivity index (χ4n) is 2.98. The van der Waals surface area contributed by atoms with E-state index < -0.39 is 0 Å². The summed E-state index contributed by atoms with van der Waals surface area (Å²) in [5, 5.41) is 0. The van der Waals surface area contributed by atoms with Gasteiger partial charge in [-0.25, -0.2) is 4.48 Å². The highest BCUT2D eigenvalue weighted by Crippen LogP contribution is 2.27. The molecule has 0 aromatic heterocycles. The average molecular weight is 369 g/mol. The molecule has 0 aromatic rings. The van der Waals surface area contributed by atoms with Gasteiger partial charge >= 0.3 is 0 Å². The number of nitrogens with zero attached hydrogens (tertiary/aromatic N) is 1. The summed E-state index contributed by atoms with van der Waals surface area (Å²) in [5.41, 5.74) is 0. The molecule has 8 nitrogen and oxygen atoms in total. The molecule has 0 amide bonds. The van der Waals surface area contributed by atoms with E-state index in [2.05, 4.69) is 27.7 Å². The Morgan fingerprint density at radius 2 is 0.880 bits per heavy atom. The van der Waals surface area contributed by atoms with Gasteiger partial charge in [0.15, 0.2) is 18.7 Å². The van der Waals surface area contributed by atoms with Crippen molar-refractivity contribution >= 4 is 0 Å². The second-order valence-electron chi connectivity index (χ2n) is 5.70. The Morgan fingerprint density at radius 1 is 0.600 bits per heavy atom. The van der Waals surface area contributed by atoms with Crippen molar-refractivity contribution in [1.29, 1.82) is 0 Å². The van der Waals surface area contributed by atoms with Crippen molar-refractivity contribution in [3.05, 3.63) is 0 Å². The van der Waals surface area contributed by atoms with Crippen LogP contribution in [0.5, 0.6) is 0 Å². The van der Waals surface area contributed by atoms with Crippen LogP contribution in [-0.4, -0.2) is 96.2 Å². The molecule has 0 saturated carbocycles. The van der Waals surface area contributed by atoms with Crippen molar-refractivity contribution in [2.75, 3.05) is 67.5 Å². The lowest BCUT2D eigenvalue weighted by molar-refractivity contribution is -1.04. The third kappa shape index (κ3) is 8.74. The number of ether oxygens (including phenoxy) is 6. The Kier molecular flexibility index (Phi) is 17.1. The van der Waals surface area contributed by atoms with Crippen LogP contribution < -0.4 is 0 Å². The van der Waals surface area contributed by atoms with Crippen LogP contribution in [0.1, 0.15) is 27.7 Å². The maximum absolute atomic E-state index is 6.02. The molecule has 0 aliphatic rings. The van der Waals surface area contributed by atoms with E-state index in [-0.39, 0.29) is 24.2 Å². The van der Waals surface area contributed by atoms with Gasteiger partial charge in [0.1, 0.15) is 0 Å². The van der Waals surface area contributed by atoms with Crippen LogP contribution in [-0.2, 0) is 28.4 Å². The molecule has 1 N–H and O–H groups in total. The first-order valence-electron chi connectivity index (χ1n) is 8.69. The summed E-state index contributed by atoms with van der Waals surface area (Å²) in [7, 11) is 5.01. The molecule has 3 unspecified atom stereocenters. The zero-order chi connectivity index (χ0) is 18.4. The third-order valence-electron chi connectivity index (χ3n) is 4.52. The Balaban J connectivity index is 0. The lowest BCUT2D eigenvalue weighted by Crippen LogP contribution is -2.66. The molecule has 0 rings (SSSR count). The summed E-state index contributed by atoms with van der Waals surface area (Å²) >= 11 is 0. The van der Waals surface area contributed by atoms with Crippen molar-refractivity contribution in [2.45, 2.75) is 46.4 Å². The van der Waals surface area contributed by atoms with Crippen LogP contribution in [0.3, 0.4) is 0 Å². The zero-order valence-electron chi connectivity index (χ0n) is 17.0. The lowest BCUT2D eigenvalue weighted by atomic mass is 10.2. The normalized spacial score (nSPS) is 17.4. The van der Waals surface area contributed by atoms with Crippen LogP contribution >= 0.6 is 0 Å². The minimum atomic E-state index is -0.0970. The molecule has 0 heterocycles. The molecule has 3 atom stereocenters. The first kappa shape index (κ1) is 26.9. The van der Waals surface area contributed by atoms with E-state index in [9.17, 15) is 0 Å². The molecule has 0 radical (unpaired) electrons. The summed E-state index contributed by atoms with van der Waals surface area (Å²) in [4.78, 5) is 0. The van der Waals surface area contributed by atoms with Gasteiger partial charge in [0.2, 0.25) is 0 Å². The predicted molar refractivity (Wildman–Crippen MR) is 94.6 cm³/mol. The molecule has 0 spiro atoms. The number of rotatable bonds is 16. The predicted octanol–water partition coefficient (Wildman–Crippen LogP) is 1.67. The largest absolute Gasteiger partial charge is 0.870 e. The van der Waals surface area contributed by atoms with Crippen LogP contribution in [0.4, 0.5) is 0 Å². The Hall–Kier alpha value is -0.320. The summed E-state index contributed by atoms with van der Waals surface area (Å²) in [6.07, 6.45) is -0.291. The van der Waals surface area contributed by atoms with E-state index in [0.29, 0.717) is 44.1 Å². The van der Waals surface area contributed by atoms with Gasteiger partial charge < -0.3 is 33.9 Å². The molecule has 8 heteroatoms. The molecule has 0 aliphatic carbocycles. The van der Waals surface area contributed by atoms with Gasteiger partial charge in [-0.3, -0.25) is 0 Å². The molecule has 0 saturated heterocycles. The zero-order valence-corrected chi connectivity index (χ0v) is 17.0. The van der Waals surface area contributed by atoms with Crippen molar-refractivity contribution in [2.24, 2.45) is 0 Å². The molecular weight excluding hydrogens is 330 g/mol. The Morgan fingerprint density at radius 3 is 1.08 bits per heavy atom.